The highest BCUT2D eigenvalue weighted by Gasteiger charge is 2.19. The molecule has 1 aliphatic rings. The molecule has 4 rings (SSSR count). The average molecular weight is 805 g/mol. The zero-order valence-corrected chi connectivity index (χ0v) is 35.4. The molecule has 0 saturated carbocycles. The molecule has 3 aromatic rings. The molecule has 0 N–H and O–H groups in total. The molecule has 0 bridgehead atoms. The number of esters is 1. The van der Waals surface area contributed by atoms with Crippen molar-refractivity contribution in [2.45, 2.75) is 91.4 Å². The van der Waals surface area contributed by atoms with Crippen LogP contribution in [0.3, 0.4) is 0 Å². The Bertz CT molecular complexity index is 1700. The quantitative estimate of drug-likeness (QED) is 0.0387. The first kappa shape index (κ1) is 46.3. The van der Waals surface area contributed by atoms with Gasteiger partial charge < -0.3 is 19.1 Å². The van der Waals surface area contributed by atoms with E-state index in [-0.39, 0.29) is 12.8 Å². The molecular weight excluding hydrogens is 741 g/mol. The van der Waals surface area contributed by atoms with Crippen LogP contribution >= 0.6 is 23.2 Å². The number of pyridine rings is 1. The molecule has 304 valence electrons. The van der Waals surface area contributed by atoms with Gasteiger partial charge in [-0.2, -0.15) is 0 Å². The van der Waals surface area contributed by atoms with Crippen LogP contribution in [0.2, 0.25) is 10.0 Å². The first-order valence-electron chi connectivity index (χ1n) is 20.5. The van der Waals surface area contributed by atoms with Gasteiger partial charge in [-0.1, -0.05) is 117 Å². The van der Waals surface area contributed by atoms with Crippen LogP contribution in [0.5, 0.6) is 11.6 Å². The number of unbranched alkanes of at least 4 members (excludes halogenated alkanes) is 3. The Labute approximate surface area is 346 Å². The van der Waals surface area contributed by atoms with Crippen molar-refractivity contribution >= 4 is 45.8 Å². The molecular formula is C47H63Cl2N3O4. The van der Waals surface area contributed by atoms with E-state index in [2.05, 4.69) is 82.5 Å². The fourth-order valence-corrected chi connectivity index (χ4v) is 6.32. The van der Waals surface area contributed by atoms with Gasteiger partial charge in [-0.25, -0.2) is 4.98 Å². The highest BCUT2D eigenvalue weighted by atomic mass is 35.5. The summed E-state index contributed by atoms with van der Waals surface area (Å²) in [6.07, 6.45) is 32.1. The van der Waals surface area contributed by atoms with Crippen LogP contribution in [0.15, 0.2) is 109 Å². The molecule has 0 spiro atoms. The molecule has 1 saturated heterocycles. The van der Waals surface area contributed by atoms with Gasteiger partial charge in [0.2, 0.25) is 12.7 Å². The van der Waals surface area contributed by atoms with Gasteiger partial charge in [-0.3, -0.25) is 9.69 Å². The van der Waals surface area contributed by atoms with Crippen molar-refractivity contribution < 1.29 is 19.0 Å². The molecule has 1 fully saturated rings. The average Bonchev–Trinajstić information content (AvgIpc) is 3.22. The second-order valence-electron chi connectivity index (χ2n) is 13.2. The predicted octanol–water partition coefficient (Wildman–Crippen LogP) is 12.7. The second-order valence-corrected chi connectivity index (χ2v) is 14.0. The summed E-state index contributed by atoms with van der Waals surface area (Å²) in [6.45, 7) is 11.6. The van der Waals surface area contributed by atoms with E-state index in [1.54, 1.807) is 6.07 Å². The maximum atomic E-state index is 12.2. The normalized spacial score (nSPS) is 13.8. The van der Waals surface area contributed by atoms with E-state index in [9.17, 15) is 4.79 Å². The molecule has 9 heteroatoms. The number of aromatic nitrogens is 1. The van der Waals surface area contributed by atoms with E-state index < -0.39 is 0 Å². The second kappa shape index (κ2) is 29.2. The molecule has 56 heavy (non-hydrogen) atoms. The zero-order valence-electron chi connectivity index (χ0n) is 33.9. The van der Waals surface area contributed by atoms with Crippen molar-refractivity contribution in [1.29, 1.82) is 0 Å². The Morgan fingerprint density at radius 2 is 1.39 bits per heavy atom. The number of rotatable bonds is 24. The number of hydrogen-bond acceptors (Lipinski definition) is 7. The molecule has 0 amide bonds. The van der Waals surface area contributed by atoms with E-state index in [1.165, 1.54) is 6.42 Å². The topological polar surface area (TPSA) is 64.1 Å². The van der Waals surface area contributed by atoms with Crippen molar-refractivity contribution in [3.63, 3.8) is 0 Å². The van der Waals surface area contributed by atoms with Gasteiger partial charge >= 0.3 is 5.97 Å². The number of nitrogens with zero attached hydrogens (tertiary/aromatic N) is 3. The van der Waals surface area contributed by atoms with Gasteiger partial charge in [-0.05, 0) is 94.7 Å². The Kier molecular flexibility index (Phi) is 24.2. The maximum Gasteiger partial charge on any atom is 0.308 e. The van der Waals surface area contributed by atoms with E-state index in [0.717, 1.165) is 113 Å². The van der Waals surface area contributed by atoms with Crippen LogP contribution in [0.1, 0.15) is 91.4 Å². The summed E-state index contributed by atoms with van der Waals surface area (Å²) in [5, 5.41) is 2.21. The number of ether oxygens (including phenoxy) is 3. The van der Waals surface area contributed by atoms with Gasteiger partial charge in [0.05, 0.1) is 27.9 Å². The highest BCUT2D eigenvalue weighted by Crippen LogP contribution is 2.33. The lowest BCUT2D eigenvalue weighted by Crippen LogP contribution is -2.46. The predicted molar refractivity (Wildman–Crippen MR) is 237 cm³/mol. The minimum atomic E-state index is -0.279. The summed E-state index contributed by atoms with van der Waals surface area (Å²) >= 11 is 12.6. The minimum absolute atomic E-state index is 0.168. The SMILES string of the molecule is CC.CCC/C=C\C/C=C\C/C=C\C/C=C\C/C=C\CCCC(=O)OCOc1ccc2ccc(OCCCCN3CCN(c4cccc(Cl)c4Cl)CC3)cc2n1. The summed E-state index contributed by atoms with van der Waals surface area (Å²) in [7, 11) is 0. The van der Waals surface area contributed by atoms with Gasteiger partial charge in [0.15, 0.2) is 0 Å². The molecule has 2 aromatic carbocycles. The molecule has 7 nitrogen and oxygen atoms in total. The van der Waals surface area contributed by atoms with Crippen LogP contribution in [0.4, 0.5) is 5.69 Å². The number of halogens is 2. The lowest BCUT2D eigenvalue weighted by molar-refractivity contribution is -0.150. The molecule has 1 aromatic heterocycles. The van der Waals surface area contributed by atoms with Crippen molar-refractivity contribution in [2.24, 2.45) is 0 Å². The summed E-state index contributed by atoms with van der Waals surface area (Å²) in [6, 6.07) is 15.4. The number of carbonyl (C=O) groups is 1. The van der Waals surface area contributed by atoms with Crippen LogP contribution < -0.4 is 14.4 Å². The number of allylic oxidation sites excluding steroid dienone is 10. The summed E-state index contributed by atoms with van der Waals surface area (Å²) in [5.74, 6) is 0.895. The zero-order chi connectivity index (χ0) is 40.1. The van der Waals surface area contributed by atoms with Crippen molar-refractivity contribution in [2.75, 3.05) is 51.0 Å². The Morgan fingerprint density at radius 3 is 2.07 bits per heavy atom. The number of carbonyl (C=O) groups excluding carboxylic acids is 1. The van der Waals surface area contributed by atoms with E-state index in [4.69, 9.17) is 37.4 Å². The van der Waals surface area contributed by atoms with Crippen LogP contribution in [0, 0.1) is 0 Å². The van der Waals surface area contributed by atoms with Crippen molar-refractivity contribution in [3.8, 4) is 11.6 Å². The van der Waals surface area contributed by atoms with Gasteiger partial charge in [0.1, 0.15) is 5.75 Å². The van der Waals surface area contributed by atoms with Crippen LogP contribution in [-0.2, 0) is 9.53 Å². The fourth-order valence-electron chi connectivity index (χ4n) is 5.90. The number of piperazine rings is 1. The lowest BCUT2D eigenvalue weighted by Gasteiger charge is -2.36. The van der Waals surface area contributed by atoms with Crippen LogP contribution in [0.25, 0.3) is 10.9 Å². The number of hydrogen-bond donors (Lipinski definition) is 0. The summed E-state index contributed by atoms with van der Waals surface area (Å²) < 4.78 is 17.0. The van der Waals surface area contributed by atoms with E-state index in [0.29, 0.717) is 29.0 Å². The standard InChI is InChI=1S/C45H57Cl2N3O4.C2H6/c1-2-3-4-5-6-7-8-9-10-11-12-13-14-15-16-17-18-19-25-44(51)54-37-53-43-29-27-38-26-28-39(36-41(38)48-43)52-35-21-20-30-49-31-33-50(34-32-49)42-24-22-23-40(46)45(42)47;1-2/h4-5,7-8,10-11,13-14,16-17,22-24,26-29,36H,2-3,6,9,12,15,18-21,25,30-35,37H2,1H3;1-2H3/b5-4-,8-7-,11-10-,14-13-,17-16-;. The molecule has 1 aliphatic heterocycles. The van der Waals surface area contributed by atoms with E-state index >= 15 is 0 Å². The third-order valence-corrected chi connectivity index (χ3v) is 9.78. The first-order valence-corrected chi connectivity index (χ1v) is 21.3. The molecule has 0 aliphatic carbocycles. The third kappa shape index (κ3) is 18.7. The van der Waals surface area contributed by atoms with Crippen molar-refractivity contribution in [3.05, 3.63) is 119 Å². The summed E-state index contributed by atoms with van der Waals surface area (Å²) in [4.78, 5) is 21.6. The number of fused-ring (bicyclic) bond motifs is 1. The highest BCUT2D eigenvalue weighted by molar-refractivity contribution is 6.43. The Balaban J connectivity index is 0.00000414. The summed E-state index contributed by atoms with van der Waals surface area (Å²) in [5.41, 5.74) is 1.78. The van der Waals surface area contributed by atoms with Gasteiger partial charge in [0, 0.05) is 50.1 Å². The Morgan fingerprint density at radius 1 is 0.750 bits per heavy atom. The van der Waals surface area contributed by atoms with Crippen molar-refractivity contribution in [1.82, 2.24) is 9.88 Å². The minimum Gasteiger partial charge on any atom is -0.494 e. The molecule has 0 unspecified atom stereocenters. The third-order valence-electron chi connectivity index (χ3n) is 8.98. The number of benzene rings is 2. The molecule has 0 atom stereocenters. The van der Waals surface area contributed by atoms with Gasteiger partial charge in [-0.15, -0.1) is 0 Å². The largest absolute Gasteiger partial charge is 0.494 e. The first-order chi connectivity index (χ1) is 27.5. The monoisotopic (exact) mass is 803 g/mol. The van der Waals surface area contributed by atoms with E-state index in [1.807, 2.05) is 56.3 Å². The maximum absolute atomic E-state index is 12.2. The fraction of sp³-hybridized carbons (Fsp3) is 0.447. The van der Waals surface area contributed by atoms with Gasteiger partial charge in [0.25, 0.3) is 0 Å². The molecule has 2 heterocycles. The number of anilines is 1. The smallest absolute Gasteiger partial charge is 0.308 e. The molecule has 0 radical (unpaired) electrons. The lowest BCUT2D eigenvalue weighted by atomic mass is 10.2. The Hall–Kier alpha value is -4.04. The van der Waals surface area contributed by atoms with Crippen LogP contribution in [-0.4, -0.2) is 62.0 Å².